The monoisotopic (exact) mass is 211 g/mol. The van der Waals surface area contributed by atoms with E-state index < -0.39 is 0 Å². The number of nitrogens with two attached hydrogens (primary N) is 1. The van der Waals surface area contributed by atoms with Crippen LogP contribution in [-0.4, -0.2) is 28.5 Å². The van der Waals surface area contributed by atoms with Crippen molar-refractivity contribution < 1.29 is 9.59 Å². The Bertz CT molecular complexity index is 258. The van der Waals surface area contributed by atoms with E-state index in [2.05, 4.69) is 6.92 Å². The van der Waals surface area contributed by atoms with Gasteiger partial charge < -0.3 is 0 Å². The summed E-state index contributed by atoms with van der Waals surface area (Å²) in [6.07, 6.45) is 6.71. The molecule has 5 nitrogen and oxygen atoms in total. The van der Waals surface area contributed by atoms with Gasteiger partial charge in [0, 0.05) is 18.7 Å². The van der Waals surface area contributed by atoms with Crippen LogP contribution in [0.5, 0.6) is 0 Å². The predicted octanol–water partition coefficient (Wildman–Crippen LogP) is 0.582. The number of rotatable bonds is 6. The molecule has 0 atom stereocenters. The molecule has 0 aromatic carbocycles. The lowest BCUT2D eigenvalue weighted by Gasteiger charge is -2.24. The maximum atomic E-state index is 11.2. The van der Waals surface area contributed by atoms with E-state index in [9.17, 15) is 9.59 Å². The van der Waals surface area contributed by atoms with Crippen molar-refractivity contribution in [2.45, 2.75) is 32.6 Å². The van der Waals surface area contributed by atoms with Gasteiger partial charge in [-0.1, -0.05) is 26.2 Å². The Balaban J connectivity index is 2.31. The van der Waals surface area contributed by atoms with Crippen LogP contribution in [0.3, 0.4) is 0 Å². The molecule has 1 aliphatic heterocycles. The van der Waals surface area contributed by atoms with Crippen LogP contribution in [-0.2, 0) is 9.59 Å². The van der Waals surface area contributed by atoms with Crippen molar-refractivity contribution in [2.75, 3.05) is 6.54 Å². The number of imide groups is 1. The number of hydrogen-bond donors (Lipinski definition) is 1. The molecule has 0 aliphatic carbocycles. The van der Waals surface area contributed by atoms with Gasteiger partial charge in [-0.25, -0.2) is 0 Å². The summed E-state index contributed by atoms with van der Waals surface area (Å²) in [7, 11) is 0. The molecular formula is C10H17N3O2. The third kappa shape index (κ3) is 3.14. The number of nitrogens with zero attached hydrogens (tertiary/aromatic N) is 2. The van der Waals surface area contributed by atoms with Crippen molar-refractivity contribution in [3.8, 4) is 0 Å². The summed E-state index contributed by atoms with van der Waals surface area (Å²) in [5, 5.41) is 2.16. The highest BCUT2D eigenvalue weighted by Gasteiger charge is 2.27. The first-order valence-corrected chi connectivity index (χ1v) is 5.25. The number of hydrazine groups is 2. The fourth-order valence-electron chi connectivity index (χ4n) is 1.45. The molecule has 0 saturated carbocycles. The van der Waals surface area contributed by atoms with Gasteiger partial charge in [0.2, 0.25) is 0 Å². The van der Waals surface area contributed by atoms with Crippen LogP contribution in [0.2, 0.25) is 0 Å². The maximum Gasteiger partial charge on any atom is 0.269 e. The van der Waals surface area contributed by atoms with Crippen LogP contribution in [0.15, 0.2) is 12.2 Å². The Morgan fingerprint density at radius 2 is 1.80 bits per heavy atom. The molecule has 0 spiro atoms. The van der Waals surface area contributed by atoms with Crippen LogP contribution >= 0.6 is 0 Å². The molecule has 0 saturated heterocycles. The fraction of sp³-hybridized carbons (Fsp3) is 0.600. The Kier molecular flexibility index (Phi) is 4.45. The van der Waals surface area contributed by atoms with Crippen LogP contribution in [0, 0.1) is 0 Å². The summed E-state index contributed by atoms with van der Waals surface area (Å²) < 4.78 is 0. The third-order valence-electron chi connectivity index (χ3n) is 2.28. The minimum absolute atomic E-state index is 0.363. The molecule has 2 N–H and O–H groups in total. The van der Waals surface area contributed by atoms with Gasteiger partial charge in [-0.3, -0.25) is 15.4 Å². The zero-order chi connectivity index (χ0) is 11.3. The van der Waals surface area contributed by atoms with E-state index in [4.69, 9.17) is 5.84 Å². The predicted molar refractivity (Wildman–Crippen MR) is 56.0 cm³/mol. The molecule has 0 bridgehead atoms. The van der Waals surface area contributed by atoms with E-state index in [-0.39, 0.29) is 11.8 Å². The molecule has 2 amide bonds. The van der Waals surface area contributed by atoms with Gasteiger partial charge in [-0.15, -0.1) is 5.12 Å². The molecule has 0 fully saturated rings. The summed E-state index contributed by atoms with van der Waals surface area (Å²) in [5.74, 6) is 4.89. The van der Waals surface area contributed by atoms with Gasteiger partial charge in [0.15, 0.2) is 0 Å². The van der Waals surface area contributed by atoms with Gasteiger partial charge >= 0.3 is 0 Å². The van der Waals surface area contributed by atoms with Crippen molar-refractivity contribution in [1.82, 2.24) is 10.1 Å². The second-order valence-corrected chi connectivity index (χ2v) is 3.55. The zero-order valence-electron chi connectivity index (χ0n) is 8.98. The second kappa shape index (κ2) is 5.63. The van der Waals surface area contributed by atoms with E-state index in [1.54, 1.807) is 0 Å². The van der Waals surface area contributed by atoms with Gasteiger partial charge in [0.05, 0.1) is 0 Å². The summed E-state index contributed by atoms with van der Waals surface area (Å²) in [6, 6.07) is 0. The Hall–Kier alpha value is -1.20. The highest BCUT2D eigenvalue weighted by molar-refractivity contribution is 6.12. The lowest BCUT2D eigenvalue weighted by Crippen LogP contribution is -2.51. The molecule has 1 heterocycles. The standard InChI is InChI=1S/C10H17N3O2/c1-2-3-4-5-8-12(11)13-9(14)6-7-10(13)15/h6-7H,2-5,8,11H2,1H3. The highest BCUT2D eigenvalue weighted by Crippen LogP contribution is 2.07. The smallest absolute Gasteiger partial charge is 0.268 e. The molecule has 1 aliphatic rings. The number of carbonyl (C=O) groups is 2. The molecule has 5 heteroatoms. The molecule has 1 rings (SSSR count). The van der Waals surface area contributed by atoms with E-state index in [1.807, 2.05) is 0 Å². The minimum atomic E-state index is -0.363. The quantitative estimate of drug-likeness (QED) is 0.302. The van der Waals surface area contributed by atoms with Crippen LogP contribution in [0.1, 0.15) is 32.6 Å². The van der Waals surface area contributed by atoms with E-state index in [0.29, 0.717) is 6.54 Å². The summed E-state index contributed by atoms with van der Waals surface area (Å²) in [6.45, 7) is 2.65. The van der Waals surface area contributed by atoms with Gasteiger partial charge in [0.1, 0.15) is 0 Å². The van der Waals surface area contributed by atoms with Crippen molar-refractivity contribution in [2.24, 2.45) is 5.84 Å². The molecule has 15 heavy (non-hydrogen) atoms. The van der Waals surface area contributed by atoms with E-state index >= 15 is 0 Å². The van der Waals surface area contributed by atoms with Gasteiger partial charge in [0.25, 0.3) is 11.8 Å². The first kappa shape index (κ1) is 11.9. The Labute approximate surface area is 89.5 Å². The minimum Gasteiger partial charge on any atom is -0.268 e. The number of amides is 2. The molecule has 84 valence electrons. The lowest BCUT2D eigenvalue weighted by molar-refractivity contribution is -0.156. The Morgan fingerprint density at radius 3 is 2.33 bits per heavy atom. The van der Waals surface area contributed by atoms with Crippen molar-refractivity contribution in [3.63, 3.8) is 0 Å². The fourth-order valence-corrected chi connectivity index (χ4v) is 1.45. The lowest BCUT2D eigenvalue weighted by atomic mass is 10.2. The van der Waals surface area contributed by atoms with Crippen molar-refractivity contribution in [1.29, 1.82) is 0 Å². The molecule has 0 radical (unpaired) electrons. The van der Waals surface area contributed by atoms with Crippen molar-refractivity contribution >= 4 is 11.8 Å². The van der Waals surface area contributed by atoms with Crippen LogP contribution in [0.25, 0.3) is 0 Å². The van der Waals surface area contributed by atoms with Gasteiger partial charge in [-0.05, 0) is 6.42 Å². The van der Waals surface area contributed by atoms with E-state index in [0.717, 1.165) is 30.7 Å². The first-order valence-electron chi connectivity index (χ1n) is 5.25. The molecule has 0 aromatic heterocycles. The van der Waals surface area contributed by atoms with Gasteiger partial charge in [-0.2, -0.15) is 5.01 Å². The highest BCUT2D eigenvalue weighted by atomic mass is 16.2. The number of unbranched alkanes of at least 4 members (excludes halogenated alkanes) is 3. The number of hydrogen-bond acceptors (Lipinski definition) is 4. The summed E-state index contributed by atoms with van der Waals surface area (Å²) >= 11 is 0. The average molecular weight is 211 g/mol. The molecule has 0 aromatic rings. The summed E-state index contributed by atoms with van der Waals surface area (Å²) in [5.41, 5.74) is 0. The van der Waals surface area contributed by atoms with Crippen LogP contribution < -0.4 is 5.84 Å². The average Bonchev–Trinajstić information content (AvgIpc) is 2.53. The second-order valence-electron chi connectivity index (χ2n) is 3.55. The zero-order valence-corrected chi connectivity index (χ0v) is 8.98. The maximum absolute atomic E-state index is 11.2. The Morgan fingerprint density at radius 1 is 1.20 bits per heavy atom. The van der Waals surface area contributed by atoms with Crippen LogP contribution in [0.4, 0.5) is 0 Å². The topological polar surface area (TPSA) is 66.6 Å². The number of carbonyl (C=O) groups excluding carboxylic acids is 2. The first-order chi connectivity index (χ1) is 7.16. The van der Waals surface area contributed by atoms with E-state index in [1.165, 1.54) is 17.3 Å². The third-order valence-corrected chi connectivity index (χ3v) is 2.28. The SMILES string of the molecule is CCCCCCN(N)N1C(=O)C=CC1=O. The molecule has 0 unspecified atom stereocenters. The van der Waals surface area contributed by atoms with Crippen molar-refractivity contribution in [3.05, 3.63) is 12.2 Å². The molecular weight excluding hydrogens is 194 g/mol. The largest absolute Gasteiger partial charge is 0.269 e. The summed E-state index contributed by atoms with van der Waals surface area (Å²) in [4.78, 5) is 22.4. The normalized spacial score (nSPS) is 15.8.